The Morgan fingerprint density at radius 2 is 1.71 bits per heavy atom. The van der Waals surface area contributed by atoms with E-state index in [4.69, 9.17) is 0 Å². The van der Waals surface area contributed by atoms with Gasteiger partial charge in [-0.05, 0) is 50.4 Å². The predicted molar refractivity (Wildman–Crippen MR) is 67.8 cm³/mol. The average molecular weight is 235 g/mol. The molecule has 17 heavy (non-hydrogen) atoms. The molecule has 0 saturated heterocycles. The number of aliphatic hydroxyl groups excluding tert-OH is 1. The Morgan fingerprint density at radius 3 is 2.29 bits per heavy atom. The Hall–Kier alpha value is -1.06. The van der Waals surface area contributed by atoms with Gasteiger partial charge in [0.1, 0.15) is 5.75 Å². The van der Waals surface area contributed by atoms with Crippen LogP contribution in [0.15, 0.2) is 24.3 Å². The van der Waals surface area contributed by atoms with Gasteiger partial charge in [0.05, 0.1) is 6.10 Å². The molecule has 2 N–H and O–H groups in total. The van der Waals surface area contributed by atoms with E-state index in [1.807, 2.05) is 12.1 Å². The molecule has 3 heteroatoms. The molecule has 0 spiro atoms. The van der Waals surface area contributed by atoms with Crippen molar-refractivity contribution in [1.29, 1.82) is 0 Å². The first-order valence-corrected chi connectivity index (χ1v) is 6.31. The lowest BCUT2D eigenvalue weighted by molar-refractivity contribution is 0.0818. The summed E-state index contributed by atoms with van der Waals surface area (Å²) in [6.07, 6.45) is 3.91. The van der Waals surface area contributed by atoms with E-state index in [-0.39, 0.29) is 6.10 Å². The van der Waals surface area contributed by atoms with Gasteiger partial charge in [0.25, 0.3) is 0 Å². The minimum atomic E-state index is -0.0895. The summed E-state index contributed by atoms with van der Waals surface area (Å²) in [5.74, 6) is 0.317. The molecule has 2 rings (SSSR count). The molecule has 0 amide bonds. The van der Waals surface area contributed by atoms with Crippen LogP contribution in [-0.2, 0) is 6.54 Å². The average Bonchev–Trinajstić information content (AvgIpc) is 2.33. The highest BCUT2D eigenvalue weighted by Gasteiger charge is 2.22. The third kappa shape index (κ3) is 3.45. The first kappa shape index (κ1) is 12.4. The monoisotopic (exact) mass is 235 g/mol. The van der Waals surface area contributed by atoms with Gasteiger partial charge in [0.2, 0.25) is 0 Å². The maximum atomic E-state index is 9.48. The lowest BCUT2D eigenvalue weighted by Crippen LogP contribution is -2.35. The topological polar surface area (TPSA) is 43.7 Å². The van der Waals surface area contributed by atoms with Gasteiger partial charge in [0, 0.05) is 12.6 Å². The number of hydrogen-bond acceptors (Lipinski definition) is 3. The van der Waals surface area contributed by atoms with Crippen LogP contribution in [0.4, 0.5) is 0 Å². The van der Waals surface area contributed by atoms with E-state index in [9.17, 15) is 10.2 Å². The highest BCUT2D eigenvalue weighted by Crippen LogP contribution is 2.23. The van der Waals surface area contributed by atoms with E-state index in [1.54, 1.807) is 12.1 Å². The van der Waals surface area contributed by atoms with Crippen molar-refractivity contribution in [3.8, 4) is 5.75 Å². The van der Waals surface area contributed by atoms with Gasteiger partial charge in [-0.3, -0.25) is 4.90 Å². The van der Waals surface area contributed by atoms with Crippen LogP contribution < -0.4 is 0 Å². The van der Waals surface area contributed by atoms with Crippen molar-refractivity contribution in [2.24, 2.45) is 0 Å². The predicted octanol–water partition coefficient (Wildman–Crippen LogP) is 2.13. The van der Waals surface area contributed by atoms with Crippen LogP contribution in [0.5, 0.6) is 5.75 Å². The van der Waals surface area contributed by atoms with E-state index in [0.29, 0.717) is 11.8 Å². The zero-order valence-corrected chi connectivity index (χ0v) is 10.3. The third-order valence-electron chi connectivity index (χ3n) is 3.66. The van der Waals surface area contributed by atoms with Crippen LogP contribution >= 0.6 is 0 Å². The Kier molecular flexibility index (Phi) is 4.02. The van der Waals surface area contributed by atoms with Gasteiger partial charge in [-0.15, -0.1) is 0 Å². The van der Waals surface area contributed by atoms with Crippen molar-refractivity contribution >= 4 is 0 Å². The van der Waals surface area contributed by atoms with Crippen LogP contribution in [0.1, 0.15) is 31.2 Å². The van der Waals surface area contributed by atoms with Crippen molar-refractivity contribution in [2.45, 2.75) is 44.4 Å². The first-order valence-electron chi connectivity index (χ1n) is 6.31. The Labute approximate surface area is 103 Å². The molecule has 1 saturated carbocycles. The fourth-order valence-corrected chi connectivity index (χ4v) is 2.52. The second kappa shape index (κ2) is 5.52. The molecule has 94 valence electrons. The SMILES string of the molecule is CN(Cc1ccc(O)cc1)C1CCC(O)CC1. The minimum Gasteiger partial charge on any atom is -0.508 e. The first-order chi connectivity index (χ1) is 8.15. The molecule has 1 aromatic carbocycles. The van der Waals surface area contributed by atoms with Crippen LogP contribution in [0.2, 0.25) is 0 Å². The smallest absolute Gasteiger partial charge is 0.115 e. The summed E-state index contributed by atoms with van der Waals surface area (Å²) >= 11 is 0. The number of aliphatic hydroxyl groups is 1. The molecular weight excluding hydrogens is 214 g/mol. The molecule has 1 aliphatic rings. The van der Waals surface area contributed by atoms with E-state index < -0.39 is 0 Å². The summed E-state index contributed by atoms with van der Waals surface area (Å²) in [5, 5.41) is 18.7. The number of aromatic hydroxyl groups is 1. The minimum absolute atomic E-state index is 0.0895. The number of rotatable bonds is 3. The second-order valence-electron chi connectivity index (χ2n) is 5.04. The largest absolute Gasteiger partial charge is 0.508 e. The van der Waals surface area contributed by atoms with Gasteiger partial charge < -0.3 is 10.2 Å². The van der Waals surface area contributed by atoms with E-state index in [0.717, 1.165) is 32.2 Å². The quantitative estimate of drug-likeness (QED) is 0.843. The molecule has 0 radical (unpaired) electrons. The van der Waals surface area contributed by atoms with Crippen LogP contribution in [0.25, 0.3) is 0 Å². The van der Waals surface area contributed by atoms with Gasteiger partial charge in [-0.25, -0.2) is 0 Å². The standard InChI is InChI=1S/C14H21NO2/c1-15(12-4-8-14(17)9-5-12)10-11-2-6-13(16)7-3-11/h2-3,6-7,12,14,16-17H,4-5,8-10H2,1H3. The molecule has 0 unspecified atom stereocenters. The van der Waals surface area contributed by atoms with Crippen molar-refractivity contribution in [1.82, 2.24) is 4.90 Å². The zero-order chi connectivity index (χ0) is 12.3. The molecule has 1 aliphatic carbocycles. The molecular formula is C14H21NO2. The van der Waals surface area contributed by atoms with E-state index >= 15 is 0 Å². The maximum Gasteiger partial charge on any atom is 0.115 e. The second-order valence-corrected chi connectivity index (χ2v) is 5.04. The molecule has 0 aliphatic heterocycles. The summed E-state index contributed by atoms with van der Waals surface area (Å²) in [6.45, 7) is 0.904. The van der Waals surface area contributed by atoms with Crippen molar-refractivity contribution < 1.29 is 10.2 Å². The van der Waals surface area contributed by atoms with Crippen LogP contribution in [-0.4, -0.2) is 34.3 Å². The van der Waals surface area contributed by atoms with Crippen molar-refractivity contribution in [2.75, 3.05) is 7.05 Å². The third-order valence-corrected chi connectivity index (χ3v) is 3.66. The fourth-order valence-electron chi connectivity index (χ4n) is 2.52. The molecule has 0 bridgehead atoms. The summed E-state index contributed by atoms with van der Waals surface area (Å²) in [5.41, 5.74) is 1.22. The molecule has 0 atom stereocenters. The van der Waals surface area contributed by atoms with Crippen LogP contribution in [0, 0.1) is 0 Å². The summed E-state index contributed by atoms with van der Waals surface area (Å²) in [7, 11) is 2.13. The highest BCUT2D eigenvalue weighted by atomic mass is 16.3. The maximum absolute atomic E-state index is 9.48. The molecule has 0 aromatic heterocycles. The normalized spacial score (nSPS) is 25.1. The van der Waals surface area contributed by atoms with Gasteiger partial charge in [0.15, 0.2) is 0 Å². The van der Waals surface area contributed by atoms with E-state index in [2.05, 4.69) is 11.9 Å². The summed E-state index contributed by atoms with van der Waals surface area (Å²) in [6, 6.07) is 7.96. The van der Waals surface area contributed by atoms with Crippen molar-refractivity contribution in [3.63, 3.8) is 0 Å². The fraction of sp³-hybridized carbons (Fsp3) is 0.571. The highest BCUT2D eigenvalue weighted by molar-refractivity contribution is 5.25. The Morgan fingerprint density at radius 1 is 1.12 bits per heavy atom. The number of nitrogens with zero attached hydrogens (tertiary/aromatic N) is 1. The zero-order valence-electron chi connectivity index (χ0n) is 10.3. The van der Waals surface area contributed by atoms with Gasteiger partial charge in [-0.2, -0.15) is 0 Å². The molecule has 0 heterocycles. The molecule has 1 aromatic rings. The van der Waals surface area contributed by atoms with Gasteiger partial charge >= 0.3 is 0 Å². The van der Waals surface area contributed by atoms with Crippen molar-refractivity contribution in [3.05, 3.63) is 29.8 Å². The Balaban J connectivity index is 1.88. The number of hydrogen-bond donors (Lipinski definition) is 2. The lowest BCUT2D eigenvalue weighted by Gasteiger charge is -2.33. The summed E-state index contributed by atoms with van der Waals surface area (Å²) < 4.78 is 0. The number of phenols is 1. The lowest BCUT2D eigenvalue weighted by atomic mass is 9.92. The van der Waals surface area contributed by atoms with Crippen LogP contribution in [0.3, 0.4) is 0 Å². The molecule has 1 fully saturated rings. The number of benzene rings is 1. The molecule has 3 nitrogen and oxygen atoms in total. The Bertz CT molecular complexity index is 342. The van der Waals surface area contributed by atoms with E-state index in [1.165, 1.54) is 5.56 Å². The summed E-state index contributed by atoms with van der Waals surface area (Å²) in [4.78, 5) is 2.35. The number of phenolic OH excluding ortho intramolecular Hbond substituents is 1. The van der Waals surface area contributed by atoms with Gasteiger partial charge in [-0.1, -0.05) is 12.1 Å².